The fraction of sp³-hybridized carbons (Fsp3) is 0.583. The first-order valence-electron chi connectivity index (χ1n) is 6.09. The summed E-state index contributed by atoms with van der Waals surface area (Å²) >= 11 is 0. The summed E-state index contributed by atoms with van der Waals surface area (Å²) < 4.78 is 5.11. The highest BCUT2D eigenvalue weighted by atomic mass is 16.5. The molecule has 1 aliphatic heterocycles. The minimum Gasteiger partial charge on any atom is -0.481 e. The van der Waals surface area contributed by atoms with Crippen molar-refractivity contribution in [2.45, 2.75) is 19.8 Å². The normalized spacial score (nSPS) is 14.7. The summed E-state index contributed by atoms with van der Waals surface area (Å²) in [6.45, 7) is 3.86. The maximum atomic E-state index is 11.9. The number of rotatable bonds is 4. The van der Waals surface area contributed by atoms with Gasteiger partial charge in [0.15, 0.2) is 0 Å². The number of carbonyl (C=O) groups is 1. The van der Waals surface area contributed by atoms with E-state index in [9.17, 15) is 4.79 Å². The standard InChI is InChI=1S/C12H18N4O2/c1-9-11(14-8-15-12(9)18-2)13-7-10(17)16-5-3-4-6-16/h8H,3-7H2,1-2H3,(H,13,14,15). The molecule has 0 spiro atoms. The Morgan fingerprint density at radius 1 is 1.44 bits per heavy atom. The lowest BCUT2D eigenvalue weighted by molar-refractivity contribution is -0.128. The van der Waals surface area contributed by atoms with Gasteiger partial charge in [0.25, 0.3) is 0 Å². The zero-order chi connectivity index (χ0) is 13.0. The molecule has 1 aliphatic rings. The van der Waals surface area contributed by atoms with Gasteiger partial charge < -0.3 is 15.0 Å². The molecule has 0 aromatic carbocycles. The molecule has 1 N–H and O–H groups in total. The van der Waals surface area contributed by atoms with E-state index in [0.717, 1.165) is 31.5 Å². The van der Waals surface area contributed by atoms with Crippen LogP contribution in [0.25, 0.3) is 0 Å². The first-order valence-corrected chi connectivity index (χ1v) is 6.09. The van der Waals surface area contributed by atoms with Gasteiger partial charge >= 0.3 is 0 Å². The van der Waals surface area contributed by atoms with Crippen LogP contribution in [-0.4, -0.2) is 47.5 Å². The minimum absolute atomic E-state index is 0.115. The second kappa shape index (κ2) is 5.66. The molecular weight excluding hydrogens is 232 g/mol. The van der Waals surface area contributed by atoms with Crippen LogP contribution >= 0.6 is 0 Å². The fourth-order valence-corrected chi connectivity index (χ4v) is 2.06. The third-order valence-corrected chi connectivity index (χ3v) is 3.10. The number of carbonyl (C=O) groups excluding carboxylic acids is 1. The number of anilines is 1. The Labute approximate surface area is 106 Å². The van der Waals surface area contributed by atoms with Gasteiger partial charge in [-0.25, -0.2) is 9.97 Å². The van der Waals surface area contributed by atoms with Gasteiger partial charge in [0.1, 0.15) is 12.1 Å². The molecule has 0 radical (unpaired) electrons. The van der Waals surface area contributed by atoms with Crippen LogP contribution in [0.2, 0.25) is 0 Å². The van der Waals surface area contributed by atoms with Gasteiger partial charge in [-0.15, -0.1) is 0 Å². The Kier molecular flexibility index (Phi) is 3.96. The summed E-state index contributed by atoms with van der Waals surface area (Å²) in [5.41, 5.74) is 0.814. The topological polar surface area (TPSA) is 67.4 Å². The van der Waals surface area contributed by atoms with Crippen molar-refractivity contribution in [3.63, 3.8) is 0 Å². The van der Waals surface area contributed by atoms with Crippen molar-refractivity contribution in [3.05, 3.63) is 11.9 Å². The van der Waals surface area contributed by atoms with E-state index >= 15 is 0 Å². The lowest BCUT2D eigenvalue weighted by Gasteiger charge is -2.16. The zero-order valence-corrected chi connectivity index (χ0v) is 10.8. The van der Waals surface area contributed by atoms with Crippen molar-refractivity contribution < 1.29 is 9.53 Å². The van der Waals surface area contributed by atoms with Crippen LogP contribution in [0, 0.1) is 6.92 Å². The number of likely N-dealkylation sites (tertiary alicyclic amines) is 1. The molecule has 98 valence electrons. The van der Waals surface area contributed by atoms with E-state index in [-0.39, 0.29) is 12.5 Å². The molecule has 0 unspecified atom stereocenters. The molecule has 1 aromatic heterocycles. The second-order valence-corrected chi connectivity index (χ2v) is 4.30. The highest BCUT2D eigenvalue weighted by Crippen LogP contribution is 2.19. The molecule has 6 heteroatoms. The molecule has 18 heavy (non-hydrogen) atoms. The number of hydrogen-bond acceptors (Lipinski definition) is 5. The quantitative estimate of drug-likeness (QED) is 0.857. The van der Waals surface area contributed by atoms with Crippen LogP contribution in [0.4, 0.5) is 5.82 Å². The summed E-state index contributed by atoms with van der Waals surface area (Å²) in [5.74, 6) is 1.29. The molecule has 0 bridgehead atoms. The Morgan fingerprint density at radius 3 is 2.83 bits per heavy atom. The Hall–Kier alpha value is -1.85. The number of aromatic nitrogens is 2. The molecule has 2 heterocycles. The summed E-state index contributed by atoms with van der Waals surface area (Å²) in [7, 11) is 1.56. The van der Waals surface area contributed by atoms with E-state index in [1.807, 2.05) is 11.8 Å². The van der Waals surface area contributed by atoms with Crippen molar-refractivity contribution in [3.8, 4) is 5.88 Å². The number of hydrogen-bond donors (Lipinski definition) is 1. The zero-order valence-electron chi connectivity index (χ0n) is 10.8. The number of ether oxygens (including phenoxy) is 1. The van der Waals surface area contributed by atoms with Crippen LogP contribution in [-0.2, 0) is 4.79 Å². The second-order valence-electron chi connectivity index (χ2n) is 4.30. The molecule has 2 rings (SSSR count). The number of nitrogens with zero attached hydrogens (tertiary/aromatic N) is 3. The third-order valence-electron chi connectivity index (χ3n) is 3.10. The van der Waals surface area contributed by atoms with Crippen LogP contribution in [0.3, 0.4) is 0 Å². The van der Waals surface area contributed by atoms with E-state index in [4.69, 9.17) is 4.74 Å². The molecule has 0 saturated carbocycles. The summed E-state index contributed by atoms with van der Waals surface area (Å²) in [4.78, 5) is 21.9. The highest BCUT2D eigenvalue weighted by molar-refractivity contribution is 5.81. The van der Waals surface area contributed by atoms with E-state index in [2.05, 4.69) is 15.3 Å². The Balaban J connectivity index is 1.95. The van der Waals surface area contributed by atoms with Crippen molar-refractivity contribution >= 4 is 11.7 Å². The average Bonchev–Trinajstić information content (AvgIpc) is 2.91. The predicted molar refractivity (Wildman–Crippen MR) is 67.6 cm³/mol. The third kappa shape index (κ3) is 2.69. The van der Waals surface area contributed by atoms with E-state index in [1.165, 1.54) is 6.33 Å². The molecule has 1 saturated heterocycles. The highest BCUT2D eigenvalue weighted by Gasteiger charge is 2.18. The lowest BCUT2D eigenvalue weighted by Crippen LogP contribution is -2.33. The maximum absolute atomic E-state index is 11.9. The van der Waals surface area contributed by atoms with Gasteiger partial charge in [-0.3, -0.25) is 4.79 Å². The SMILES string of the molecule is COc1ncnc(NCC(=O)N2CCCC2)c1C. The van der Waals surface area contributed by atoms with Crippen LogP contribution in [0.5, 0.6) is 5.88 Å². The van der Waals surface area contributed by atoms with E-state index in [1.54, 1.807) is 7.11 Å². The van der Waals surface area contributed by atoms with Gasteiger partial charge in [-0.05, 0) is 19.8 Å². The van der Waals surface area contributed by atoms with Crippen LogP contribution in [0.1, 0.15) is 18.4 Å². The smallest absolute Gasteiger partial charge is 0.241 e. The Bertz CT molecular complexity index is 430. The maximum Gasteiger partial charge on any atom is 0.241 e. The number of nitrogens with one attached hydrogen (secondary N) is 1. The fourth-order valence-electron chi connectivity index (χ4n) is 2.06. The Morgan fingerprint density at radius 2 is 2.17 bits per heavy atom. The first-order chi connectivity index (χ1) is 8.72. The number of amides is 1. The molecule has 0 aliphatic carbocycles. The van der Waals surface area contributed by atoms with Crippen LogP contribution in [0.15, 0.2) is 6.33 Å². The summed E-state index contributed by atoms with van der Waals surface area (Å²) in [6, 6.07) is 0. The van der Waals surface area contributed by atoms with Gasteiger partial charge in [0.05, 0.1) is 19.2 Å². The molecular formula is C12H18N4O2. The molecule has 1 aromatic rings. The largest absolute Gasteiger partial charge is 0.481 e. The van der Waals surface area contributed by atoms with Crippen molar-refractivity contribution in [2.75, 3.05) is 32.1 Å². The van der Waals surface area contributed by atoms with Gasteiger partial charge in [0, 0.05) is 13.1 Å². The molecule has 6 nitrogen and oxygen atoms in total. The predicted octanol–water partition coefficient (Wildman–Crippen LogP) is 0.828. The van der Waals surface area contributed by atoms with Crippen LogP contribution < -0.4 is 10.1 Å². The van der Waals surface area contributed by atoms with Crippen molar-refractivity contribution in [1.82, 2.24) is 14.9 Å². The van der Waals surface area contributed by atoms with Gasteiger partial charge in [-0.2, -0.15) is 0 Å². The summed E-state index contributed by atoms with van der Waals surface area (Å²) in [5, 5.41) is 3.04. The monoisotopic (exact) mass is 250 g/mol. The summed E-state index contributed by atoms with van der Waals surface area (Å²) in [6.07, 6.45) is 3.63. The molecule has 1 amide bonds. The molecule has 1 fully saturated rings. The van der Waals surface area contributed by atoms with E-state index in [0.29, 0.717) is 11.7 Å². The van der Waals surface area contributed by atoms with Crippen molar-refractivity contribution in [1.29, 1.82) is 0 Å². The van der Waals surface area contributed by atoms with E-state index < -0.39 is 0 Å². The minimum atomic E-state index is 0.115. The van der Waals surface area contributed by atoms with Crippen molar-refractivity contribution in [2.24, 2.45) is 0 Å². The van der Waals surface area contributed by atoms with Gasteiger partial charge in [0.2, 0.25) is 11.8 Å². The number of methoxy groups -OCH3 is 1. The first kappa shape index (κ1) is 12.6. The lowest BCUT2D eigenvalue weighted by atomic mass is 10.3. The van der Waals surface area contributed by atoms with Gasteiger partial charge in [-0.1, -0.05) is 0 Å². The average molecular weight is 250 g/mol. The molecule has 0 atom stereocenters.